The third kappa shape index (κ3) is 4.80. The molecule has 4 fully saturated rings. The van der Waals surface area contributed by atoms with Gasteiger partial charge in [0, 0.05) is 30.7 Å². The Morgan fingerprint density at radius 3 is 2.26 bits per heavy atom. The van der Waals surface area contributed by atoms with Gasteiger partial charge < -0.3 is 14.4 Å². The Labute approximate surface area is 232 Å². The van der Waals surface area contributed by atoms with Crippen molar-refractivity contribution in [2.45, 2.75) is 68.9 Å². The van der Waals surface area contributed by atoms with Crippen molar-refractivity contribution in [2.75, 3.05) is 26.4 Å². The van der Waals surface area contributed by atoms with Crippen LogP contribution in [0.2, 0.25) is 0 Å². The van der Waals surface area contributed by atoms with Gasteiger partial charge in [0.05, 0.1) is 0 Å². The second-order valence-corrected chi connectivity index (χ2v) is 12.3. The quantitative estimate of drug-likeness (QED) is 0.446. The molecule has 4 atom stereocenters. The summed E-state index contributed by atoms with van der Waals surface area (Å²) in [6, 6.07) is 22.3. The first-order valence-corrected chi connectivity index (χ1v) is 15.0. The number of ether oxygens (including phenoxy) is 2. The zero-order valence-electron chi connectivity index (χ0n) is 22.8. The molecule has 0 spiro atoms. The van der Waals surface area contributed by atoms with Gasteiger partial charge in [0.2, 0.25) is 6.79 Å². The molecular formula is C34H40N2O3. The molecule has 1 aliphatic carbocycles. The average Bonchev–Trinajstić information content (AvgIpc) is 3.56. The summed E-state index contributed by atoms with van der Waals surface area (Å²) >= 11 is 0. The van der Waals surface area contributed by atoms with Crippen LogP contribution in [0.15, 0.2) is 84.3 Å². The van der Waals surface area contributed by atoms with Gasteiger partial charge in [-0.2, -0.15) is 0 Å². The Morgan fingerprint density at radius 2 is 1.54 bits per heavy atom. The normalized spacial score (nSPS) is 29.6. The van der Waals surface area contributed by atoms with Crippen LogP contribution in [0.5, 0.6) is 0 Å². The predicted octanol–water partition coefficient (Wildman–Crippen LogP) is 6.29. The molecule has 4 heterocycles. The van der Waals surface area contributed by atoms with Crippen LogP contribution >= 0.6 is 0 Å². The van der Waals surface area contributed by atoms with E-state index in [1.165, 1.54) is 37.7 Å². The number of piperidine rings is 2. The van der Waals surface area contributed by atoms with E-state index in [-0.39, 0.29) is 11.3 Å². The molecule has 0 aromatic heterocycles. The number of rotatable bonds is 6. The number of carbonyl (C=O) groups is 1. The number of likely N-dealkylation sites (tertiary alicyclic amines) is 1. The number of benzene rings is 2. The van der Waals surface area contributed by atoms with E-state index in [0.29, 0.717) is 24.8 Å². The summed E-state index contributed by atoms with van der Waals surface area (Å²) in [4.78, 5) is 18.1. The first-order valence-electron chi connectivity index (χ1n) is 15.0. The number of nitrogens with zero attached hydrogens (tertiary/aromatic N) is 2. The van der Waals surface area contributed by atoms with E-state index < -0.39 is 0 Å². The summed E-state index contributed by atoms with van der Waals surface area (Å²) in [6.45, 7) is 3.19. The van der Waals surface area contributed by atoms with Gasteiger partial charge in [0.25, 0.3) is 5.91 Å². The third-order valence-corrected chi connectivity index (χ3v) is 10.4. The highest BCUT2D eigenvalue weighted by Crippen LogP contribution is 2.46. The van der Waals surface area contributed by atoms with Crippen molar-refractivity contribution in [3.8, 4) is 0 Å². The van der Waals surface area contributed by atoms with Crippen LogP contribution in [0.25, 0.3) is 0 Å². The Hall–Kier alpha value is -3.05. The Kier molecular flexibility index (Phi) is 6.72. The van der Waals surface area contributed by atoms with E-state index in [9.17, 15) is 4.79 Å². The highest BCUT2D eigenvalue weighted by molar-refractivity contribution is 5.94. The molecule has 2 bridgehead atoms. The van der Waals surface area contributed by atoms with Gasteiger partial charge in [-0.25, -0.2) is 0 Å². The van der Waals surface area contributed by atoms with Crippen molar-refractivity contribution >= 4 is 5.91 Å². The summed E-state index contributed by atoms with van der Waals surface area (Å²) in [5.74, 6) is 3.42. The number of fused-ring (bicyclic) bond motifs is 3. The lowest BCUT2D eigenvalue weighted by Crippen LogP contribution is -2.49. The molecule has 0 N–H and O–H groups in total. The van der Waals surface area contributed by atoms with Crippen molar-refractivity contribution in [1.29, 1.82) is 0 Å². The number of allylic oxidation sites excluding steroid dienone is 2. The summed E-state index contributed by atoms with van der Waals surface area (Å²) in [6.07, 6.45) is 14.2. The van der Waals surface area contributed by atoms with Gasteiger partial charge in [-0.3, -0.25) is 9.69 Å². The molecule has 1 amide bonds. The summed E-state index contributed by atoms with van der Waals surface area (Å²) in [7, 11) is 0. The fraction of sp³-hybridized carbons (Fsp3) is 0.500. The summed E-state index contributed by atoms with van der Waals surface area (Å²) in [5, 5.41) is 0. The maximum Gasteiger partial charge on any atom is 0.253 e. The molecule has 5 aliphatic rings. The smallest absolute Gasteiger partial charge is 0.253 e. The minimum atomic E-state index is 0.139. The van der Waals surface area contributed by atoms with E-state index in [1.807, 2.05) is 30.3 Å². The standard InChI is InChI=1S/C34H40N2O3/c37-33(25-7-3-1-4-8-25)35-18-15-34(16-19-35,28-9-5-2-6-10-28)17-20-36-29-12-13-30(36)22-27(21-29)26-11-14-31-32(23-26)39-24-38-31/h1-10,14,23,26-27,29-30H,11-13,15-22,24H2/t26?,27?,29-,30+. The third-order valence-electron chi connectivity index (χ3n) is 10.4. The van der Waals surface area contributed by atoms with Gasteiger partial charge >= 0.3 is 0 Å². The van der Waals surface area contributed by atoms with Crippen LogP contribution < -0.4 is 0 Å². The molecular weight excluding hydrogens is 484 g/mol. The number of hydrogen-bond acceptors (Lipinski definition) is 4. The number of hydrogen-bond donors (Lipinski definition) is 0. The second kappa shape index (κ2) is 10.5. The lowest BCUT2D eigenvalue weighted by atomic mass is 9.70. The van der Waals surface area contributed by atoms with Crippen molar-refractivity contribution < 1.29 is 14.3 Å². The minimum Gasteiger partial charge on any atom is -0.454 e. The molecule has 4 aliphatic heterocycles. The van der Waals surface area contributed by atoms with Crippen LogP contribution in [0.4, 0.5) is 0 Å². The van der Waals surface area contributed by atoms with Crippen LogP contribution in [-0.2, 0) is 14.9 Å². The Bertz CT molecular complexity index is 1220. The Balaban J connectivity index is 1.02. The van der Waals surface area contributed by atoms with Gasteiger partial charge in [0.1, 0.15) is 0 Å². The number of carbonyl (C=O) groups excluding carboxylic acids is 1. The molecule has 7 rings (SSSR count). The molecule has 2 aromatic carbocycles. The maximum absolute atomic E-state index is 13.2. The molecule has 0 saturated carbocycles. The molecule has 204 valence electrons. The first-order chi connectivity index (χ1) is 19.2. The summed E-state index contributed by atoms with van der Waals surface area (Å²) in [5.41, 5.74) is 2.39. The molecule has 5 nitrogen and oxygen atoms in total. The van der Waals surface area contributed by atoms with E-state index in [4.69, 9.17) is 9.47 Å². The molecule has 5 heteroatoms. The van der Waals surface area contributed by atoms with Crippen LogP contribution in [-0.4, -0.2) is 54.2 Å². The van der Waals surface area contributed by atoms with Crippen molar-refractivity contribution in [1.82, 2.24) is 9.80 Å². The lowest BCUT2D eigenvalue weighted by Gasteiger charge is -2.46. The molecule has 2 aromatic rings. The Morgan fingerprint density at radius 1 is 0.872 bits per heavy atom. The summed E-state index contributed by atoms with van der Waals surface area (Å²) < 4.78 is 11.3. The van der Waals surface area contributed by atoms with E-state index >= 15 is 0 Å². The van der Waals surface area contributed by atoms with Gasteiger partial charge in [-0.1, -0.05) is 48.5 Å². The zero-order chi connectivity index (χ0) is 26.2. The topological polar surface area (TPSA) is 42.0 Å². The highest BCUT2D eigenvalue weighted by atomic mass is 16.7. The first kappa shape index (κ1) is 25.0. The van der Waals surface area contributed by atoms with Crippen molar-refractivity contribution in [3.05, 3.63) is 95.5 Å². The monoisotopic (exact) mass is 524 g/mol. The van der Waals surface area contributed by atoms with E-state index in [2.05, 4.69) is 52.3 Å². The van der Waals surface area contributed by atoms with Crippen LogP contribution in [0.1, 0.15) is 67.3 Å². The van der Waals surface area contributed by atoms with Crippen molar-refractivity contribution in [2.24, 2.45) is 11.8 Å². The maximum atomic E-state index is 13.2. The predicted molar refractivity (Wildman–Crippen MR) is 152 cm³/mol. The fourth-order valence-corrected chi connectivity index (χ4v) is 8.17. The van der Waals surface area contributed by atoms with Crippen LogP contribution in [0.3, 0.4) is 0 Å². The largest absolute Gasteiger partial charge is 0.454 e. The molecule has 39 heavy (non-hydrogen) atoms. The SMILES string of the molecule is O=C(c1ccccc1)N1CCC(CCN2[C@@H]3CC[C@H]2CC(C2C=C4OCOC4=CC2)C3)(c2ccccc2)CC1. The molecule has 2 unspecified atom stereocenters. The molecule has 4 saturated heterocycles. The minimum absolute atomic E-state index is 0.139. The second-order valence-electron chi connectivity index (χ2n) is 12.3. The zero-order valence-corrected chi connectivity index (χ0v) is 22.8. The highest BCUT2D eigenvalue weighted by Gasteiger charge is 2.45. The lowest BCUT2D eigenvalue weighted by molar-refractivity contribution is 0.0571. The average molecular weight is 525 g/mol. The fourth-order valence-electron chi connectivity index (χ4n) is 8.17. The van der Waals surface area contributed by atoms with E-state index in [1.54, 1.807) is 0 Å². The van der Waals surface area contributed by atoms with Gasteiger partial charge in [0.15, 0.2) is 11.5 Å². The van der Waals surface area contributed by atoms with Gasteiger partial charge in [-0.15, -0.1) is 0 Å². The van der Waals surface area contributed by atoms with Crippen LogP contribution in [0, 0.1) is 11.8 Å². The number of amides is 1. The van der Waals surface area contributed by atoms with E-state index in [0.717, 1.165) is 61.9 Å². The molecule has 0 radical (unpaired) electrons. The van der Waals surface area contributed by atoms with Gasteiger partial charge in [-0.05, 0) is 105 Å². The van der Waals surface area contributed by atoms with Crippen molar-refractivity contribution in [3.63, 3.8) is 0 Å².